The Labute approximate surface area is 186 Å². The monoisotopic (exact) mass is 446 g/mol. The number of carbonyl (C=O) groups excluding carboxylic acids is 4. The summed E-state index contributed by atoms with van der Waals surface area (Å²) >= 11 is 1.44. The molecule has 2 heterocycles. The third kappa shape index (κ3) is 4.27. The summed E-state index contributed by atoms with van der Waals surface area (Å²) in [5.41, 5.74) is 1.47. The fraction of sp³-hybridized carbons (Fsp3) is 0.652. The summed E-state index contributed by atoms with van der Waals surface area (Å²) in [5.74, 6) is -0.825. The molecular formula is C23H30N2O5S. The second-order valence-electron chi connectivity index (χ2n) is 8.90. The van der Waals surface area contributed by atoms with Gasteiger partial charge in [-0.05, 0) is 50.5 Å². The van der Waals surface area contributed by atoms with Crippen LogP contribution < -0.4 is 5.32 Å². The average molecular weight is 447 g/mol. The molecule has 168 valence electrons. The third-order valence-electron chi connectivity index (χ3n) is 6.74. The highest BCUT2D eigenvalue weighted by atomic mass is 32.1. The first-order valence-corrected chi connectivity index (χ1v) is 12.2. The van der Waals surface area contributed by atoms with E-state index in [0.29, 0.717) is 16.5 Å². The predicted octanol–water partition coefficient (Wildman–Crippen LogP) is 3.55. The minimum Gasteiger partial charge on any atom is -0.462 e. The van der Waals surface area contributed by atoms with Crippen LogP contribution in [-0.4, -0.2) is 41.7 Å². The highest BCUT2D eigenvalue weighted by Gasteiger charge is 2.47. The number of imide groups is 1. The van der Waals surface area contributed by atoms with Crippen LogP contribution in [0, 0.1) is 17.8 Å². The van der Waals surface area contributed by atoms with Gasteiger partial charge in [0.15, 0.2) is 0 Å². The van der Waals surface area contributed by atoms with Crippen molar-refractivity contribution in [3.8, 4) is 0 Å². The quantitative estimate of drug-likeness (QED) is 0.533. The molecule has 0 radical (unpaired) electrons. The lowest BCUT2D eigenvalue weighted by atomic mass is 9.81. The Bertz CT molecular complexity index is 884. The van der Waals surface area contributed by atoms with E-state index in [2.05, 4.69) is 12.2 Å². The van der Waals surface area contributed by atoms with Crippen LogP contribution in [0.5, 0.6) is 0 Å². The van der Waals surface area contributed by atoms with Crippen molar-refractivity contribution in [2.75, 3.05) is 18.5 Å². The van der Waals surface area contributed by atoms with Crippen molar-refractivity contribution in [1.29, 1.82) is 0 Å². The number of thiophene rings is 1. The molecule has 31 heavy (non-hydrogen) atoms. The lowest BCUT2D eigenvalue weighted by Crippen LogP contribution is -2.34. The van der Waals surface area contributed by atoms with Crippen molar-refractivity contribution in [2.45, 2.75) is 65.2 Å². The van der Waals surface area contributed by atoms with Crippen LogP contribution in [0.25, 0.3) is 0 Å². The number of rotatable bonds is 6. The van der Waals surface area contributed by atoms with Crippen LogP contribution in [0.1, 0.15) is 73.2 Å². The summed E-state index contributed by atoms with van der Waals surface area (Å²) in [6, 6.07) is 0. The topological polar surface area (TPSA) is 92.8 Å². The smallest absolute Gasteiger partial charge is 0.341 e. The SMILES string of the molecule is CCOC(=O)c1c(NC(=O)CCN2C(=O)C3CCCCC3C2=O)sc2c1CCC(C)C2. The van der Waals surface area contributed by atoms with Gasteiger partial charge in [-0.1, -0.05) is 19.8 Å². The van der Waals surface area contributed by atoms with Gasteiger partial charge in [0.2, 0.25) is 17.7 Å². The molecule has 1 N–H and O–H groups in total. The second-order valence-corrected chi connectivity index (χ2v) is 10.0. The molecular weight excluding hydrogens is 416 g/mol. The number of nitrogens with one attached hydrogen (secondary N) is 1. The number of likely N-dealkylation sites (tertiary alicyclic amines) is 1. The maximum atomic E-state index is 12.7. The van der Waals surface area contributed by atoms with Crippen molar-refractivity contribution >= 4 is 40.0 Å². The van der Waals surface area contributed by atoms with Crippen LogP contribution in [0.4, 0.5) is 5.00 Å². The zero-order valence-corrected chi connectivity index (χ0v) is 19.0. The van der Waals surface area contributed by atoms with Gasteiger partial charge in [-0.15, -0.1) is 11.3 Å². The Kier molecular flexibility index (Phi) is 6.46. The lowest BCUT2D eigenvalue weighted by molar-refractivity contribution is -0.140. The third-order valence-corrected chi connectivity index (χ3v) is 7.91. The van der Waals surface area contributed by atoms with Gasteiger partial charge >= 0.3 is 5.97 Å². The molecule has 7 nitrogen and oxygen atoms in total. The first-order chi connectivity index (χ1) is 14.9. The summed E-state index contributed by atoms with van der Waals surface area (Å²) in [7, 11) is 0. The molecule has 3 aliphatic rings. The maximum Gasteiger partial charge on any atom is 0.341 e. The number of fused-ring (bicyclic) bond motifs is 2. The van der Waals surface area contributed by atoms with E-state index in [4.69, 9.17) is 4.74 Å². The summed E-state index contributed by atoms with van der Waals surface area (Å²) in [6.45, 7) is 4.31. The molecule has 2 aliphatic carbocycles. The van der Waals surface area contributed by atoms with Gasteiger partial charge in [-0.25, -0.2) is 4.79 Å². The van der Waals surface area contributed by atoms with E-state index in [9.17, 15) is 19.2 Å². The number of anilines is 1. The molecule has 3 atom stereocenters. The molecule has 2 fully saturated rings. The molecule has 4 rings (SSSR count). The standard InChI is InChI=1S/C23H30N2O5S/c1-3-30-23(29)19-16-9-8-13(2)12-17(16)31-20(19)24-18(26)10-11-25-21(27)14-6-4-5-7-15(14)22(25)28/h13-15H,3-12H2,1-2H3,(H,24,26). The summed E-state index contributed by atoms with van der Waals surface area (Å²) < 4.78 is 5.24. The van der Waals surface area contributed by atoms with Crippen LogP contribution in [-0.2, 0) is 32.0 Å². The molecule has 1 aromatic rings. The number of amides is 3. The Morgan fingerprint density at radius 3 is 2.45 bits per heavy atom. The fourth-order valence-electron chi connectivity index (χ4n) is 5.11. The normalized spacial score (nSPS) is 25.2. The molecule has 0 aromatic carbocycles. The minimum absolute atomic E-state index is 0.0259. The van der Waals surface area contributed by atoms with E-state index in [0.717, 1.165) is 55.4 Å². The first kappa shape index (κ1) is 22.0. The van der Waals surface area contributed by atoms with Crippen molar-refractivity contribution in [3.63, 3.8) is 0 Å². The number of carbonyl (C=O) groups is 4. The predicted molar refractivity (Wildman–Crippen MR) is 117 cm³/mol. The van der Waals surface area contributed by atoms with E-state index >= 15 is 0 Å². The Balaban J connectivity index is 1.44. The van der Waals surface area contributed by atoms with Gasteiger partial charge in [0, 0.05) is 17.8 Å². The molecule has 0 bridgehead atoms. The highest BCUT2D eigenvalue weighted by molar-refractivity contribution is 7.17. The van der Waals surface area contributed by atoms with Crippen molar-refractivity contribution in [1.82, 2.24) is 4.90 Å². The molecule has 1 saturated carbocycles. The molecule has 1 aromatic heterocycles. The second kappa shape index (κ2) is 9.10. The molecule has 1 saturated heterocycles. The average Bonchev–Trinajstić information content (AvgIpc) is 3.21. The van der Waals surface area contributed by atoms with Crippen LogP contribution >= 0.6 is 11.3 Å². The highest BCUT2D eigenvalue weighted by Crippen LogP contribution is 2.40. The van der Waals surface area contributed by atoms with Gasteiger partial charge in [0.1, 0.15) is 5.00 Å². The van der Waals surface area contributed by atoms with E-state index in [1.54, 1.807) is 6.92 Å². The molecule has 3 unspecified atom stereocenters. The van der Waals surface area contributed by atoms with E-state index < -0.39 is 5.97 Å². The number of nitrogens with zero attached hydrogens (tertiary/aromatic N) is 1. The van der Waals surface area contributed by atoms with Gasteiger partial charge in [0.25, 0.3) is 0 Å². The van der Waals surface area contributed by atoms with Crippen LogP contribution in [0.15, 0.2) is 0 Å². The molecule has 3 amide bonds. The Morgan fingerprint density at radius 2 is 1.81 bits per heavy atom. The maximum absolute atomic E-state index is 12.7. The summed E-state index contributed by atoms with van der Waals surface area (Å²) in [5, 5.41) is 3.39. The van der Waals surface area contributed by atoms with E-state index in [1.807, 2.05) is 0 Å². The minimum atomic E-state index is -0.404. The van der Waals surface area contributed by atoms with Crippen LogP contribution in [0.2, 0.25) is 0 Å². The number of hydrogen-bond acceptors (Lipinski definition) is 6. The van der Waals surface area contributed by atoms with E-state index in [1.165, 1.54) is 16.2 Å². The van der Waals surface area contributed by atoms with Gasteiger partial charge in [0.05, 0.1) is 24.0 Å². The van der Waals surface area contributed by atoms with Gasteiger partial charge in [-0.2, -0.15) is 0 Å². The van der Waals surface area contributed by atoms with Crippen molar-refractivity contribution < 1.29 is 23.9 Å². The largest absolute Gasteiger partial charge is 0.462 e. The molecule has 8 heteroatoms. The number of hydrogen-bond donors (Lipinski definition) is 1. The number of esters is 1. The molecule has 0 spiro atoms. The summed E-state index contributed by atoms with van der Waals surface area (Å²) in [6.07, 6.45) is 6.21. The van der Waals surface area contributed by atoms with E-state index in [-0.39, 0.29) is 49.1 Å². The number of ether oxygens (including phenoxy) is 1. The van der Waals surface area contributed by atoms with Gasteiger partial charge < -0.3 is 10.1 Å². The van der Waals surface area contributed by atoms with Crippen LogP contribution in [0.3, 0.4) is 0 Å². The first-order valence-electron chi connectivity index (χ1n) is 11.4. The van der Waals surface area contributed by atoms with Crippen molar-refractivity contribution in [3.05, 3.63) is 16.0 Å². The summed E-state index contributed by atoms with van der Waals surface area (Å²) in [4.78, 5) is 52.9. The zero-order valence-electron chi connectivity index (χ0n) is 18.2. The van der Waals surface area contributed by atoms with Crippen molar-refractivity contribution in [2.24, 2.45) is 17.8 Å². The zero-order chi connectivity index (χ0) is 22.1. The van der Waals surface area contributed by atoms with Gasteiger partial charge in [-0.3, -0.25) is 19.3 Å². The fourth-order valence-corrected chi connectivity index (χ4v) is 6.53. The lowest BCUT2D eigenvalue weighted by Gasteiger charge is -2.19. The Hall–Kier alpha value is -2.22. The Morgan fingerprint density at radius 1 is 1.13 bits per heavy atom. The molecule has 1 aliphatic heterocycles.